The second-order valence-corrected chi connectivity index (χ2v) is 20.0. The van der Waals surface area contributed by atoms with Gasteiger partial charge >= 0.3 is 269 Å². The summed E-state index contributed by atoms with van der Waals surface area (Å²) in [7, 11) is 0. The van der Waals surface area contributed by atoms with E-state index in [4.69, 9.17) is 0 Å². The Hall–Kier alpha value is -3.10. The molecule has 0 heterocycles. The molecule has 0 aromatic heterocycles. The van der Waals surface area contributed by atoms with Crippen molar-refractivity contribution in [2.75, 3.05) is 0 Å². The third-order valence-corrected chi connectivity index (χ3v) is 16.7. The molecular formula is C40H39F3Zr. The van der Waals surface area contributed by atoms with Gasteiger partial charge in [-0.15, -0.1) is 0 Å². The molecule has 0 radical (unpaired) electrons. The molecule has 0 atom stereocenters. The first-order valence-corrected chi connectivity index (χ1v) is 19.1. The van der Waals surface area contributed by atoms with Crippen LogP contribution in [-0.2, 0) is 44.7 Å². The van der Waals surface area contributed by atoms with Crippen molar-refractivity contribution in [1.29, 1.82) is 0 Å². The number of benzene rings is 4. The molecule has 0 aliphatic heterocycles. The Morgan fingerprint density at radius 1 is 0.682 bits per heavy atom. The zero-order valence-corrected chi connectivity index (χ0v) is 28.8. The third-order valence-electron chi connectivity index (χ3n) is 8.88. The van der Waals surface area contributed by atoms with Gasteiger partial charge in [0.1, 0.15) is 0 Å². The van der Waals surface area contributed by atoms with Gasteiger partial charge in [-0.25, -0.2) is 0 Å². The SMILES string of the molecule is CC(C)(C)c1ccc2c(c1)Cc1c-2ccc(C(C)(C)C)[c]1/[Zr]([C]1=CC=CC1)=[C](/c1ccccc1)c1cccc(C(F)(F)F)c1. The molecule has 0 nitrogen and oxygen atoms in total. The normalized spacial score (nSPS) is 15.2. The molecule has 224 valence electrons. The van der Waals surface area contributed by atoms with E-state index < -0.39 is 33.0 Å². The zero-order valence-electron chi connectivity index (χ0n) is 26.4. The molecule has 0 saturated carbocycles. The van der Waals surface area contributed by atoms with Crippen molar-refractivity contribution in [3.63, 3.8) is 0 Å². The van der Waals surface area contributed by atoms with Crippen molar-refractivity contribution in [3.05, 3.63) is 145 Å². The fraction of sp³-hybridized carbons (Fsp3) is 0.275. The van der Waals surface area contributed by atoms with E-state index in [0.29, 0.717) is 5.56 Å². The fourth-order valence-corrected chi connectivity index (χ4v) is 15.6. The van der Waals surface area contributed by atoms with E-state index in [1.165, 1.54) is 52.1 Å². The molecular weight excluding hydrogens is 629 g/mol. The van der Waals surface area contributed by atoms with E-state index in [0.717, 1.165) is 21.6 Å². The summed E-state index contributed by atoms with van der Waals surface area (Å²) in [4.78, 5) is 0. The average molecular weight is 668 g/mol. The monoisotopic (exact) mass is 666 g/mol. The zero-order chi connectivity index (χ0) is 31.4. The Balaban J connectivity index is 1.73. The number of alkyl halides is 3. The molecule has 0 unspecified atom stereocenters. The number of rotatable bonds is 4. The van der Waals surface area contributed by atoms with Crippen LogP contribution in [0.1, 0.15) is 86.9 Å². The van der Waals surface area contributed by atoms with Crippen LogP contribution in [0.15, 0.2) is 106 Å². The predicted molar refractivity (Wildman–Crippen MR) is 175 cm³/mol. The first kappa shape index (κ1) is 30.9. The second-order valence-electron chi connectivity index (χ2n) is 14.1. The molecule has 4 aromatic carbocycles. The second kappa shape index (κ2) is 11.4. The molecule has 0 N–H and O–H groups in total. The summed E-state index contributed by atoms with van der Waals surface area (Å²) in [6, 6.07) is 27.8. The van der Waals surface area contributed by atoms with E-state index in [1.807, 2.05) is 24.3 Å². The quantitative estimate of drug-likeness (QED) is 0.179. The summed E-state index contributed by atoms with van der Waals surface area (Å²) in [5, 5.41) is 0. The minimum atomic E-state index is -4.41. The van der Waals surface area contributed by atoms with Gasteiger partial charge < -0.3 is 0 Å². The number of hydrogen-bond acceptors (Lipinski definition) is 0. The summed E-state index contributed by atoms with van der Waals surface area (Å²) in [5.41, 5.74) is 8.97. The van der Waals surface area contributed by atoms with Crippen LogP contribution >= 0.6 is 0 Å². The van der Waals surface area contributed by atoms with Gasteiger partial charge in [0.25, 0.3) is 0 Å². The van der Waals surface area contributed by atoms with Crippen molar-refractivity contribution < 1.29 is 34.4 Å². The Morgan fingerprint density at radius 2 is 1.39 bits per heavy atom. The molecule has 6 rings (SSSR count). The van der Waals surface area contributed by atoms with E-state index in [-0.39, 0.29) is 10.8 Å². The molecule has 2 aliphatic rings. The Labute approximate surface area is 267 Å². The van der Waals surface area contributed by atoms with Gasteiger partial charge in [-0.3, -0.25) is 0 Å². The maximum atomic E-state index is 14.1. The van der Waals surface area contributed by atoms with E-state index in [2.05, 4.69) is 102 Å². The van der Waals surface area contributed by atoms with Crippen LogP contribution in [0.25, 0.3) is 11.1 Å². The molecule has 0 bridgehead atoms. The maximum absolute atomic E-state index is 14.1. The summed E-state index contributed by atoms with van der Waals surface area (Å²) in [6.45, 7) is 13.6. The van der Waals surface area contributed by atoms with Crippen LogP contribution in [0.5, 0.6) is 0 Å². The molecule has 4 heteroatoms. The minimum absolute atomic E-state index is 0.0439. The Kier molecular flexibility index (Phi) is 7.98. The fourth-order valence-electron chi connectivity index (χ4n) is 6.64. The first-order chi connectivity index (χ1) is 20.7. The van der Waals surface area contributed by atoms with Gasteiger partial charge in [-0.05, 0) is 0 Å². The molecule has 0 spiro atoms. The Morgan fingerprint density at radius 3 is 2.02 bits per heavy atom. The standard InChI is InChI=1S/C21H25.C14H9F3.C5H5.Zr/c1-20(2,3)16-7-9-18-14(12-16)11-15-13-17(21(4,5)6)8-10-19(15)18;15-14(16,17)13-8-4-7-12(10-13)9-11-5-2-1-3-6-11;1-2-4-5-3-1;/h7-10,12H,11H2,1-6H3;1-8,10H;1-3H,4H2;. The van der Waals surface area contributed by atoms with Gasteiger partial charge in [-0.1, -0.05) is 0 Å². The number of hydrogen-bond donors (Lipinski definition) is 0. The van der Waals surface area contributed by atoms with E-state index in [9.17, 15) is 13.2 Å². The van der Waals surface area contributed by atoms with Gasteiger partial charge in [0, 0.05) is 0 Å². The van der Waals surface area contributed by atoms with Gasteiger partial charge in [0.15, 0.2) is 0 Å². The number of halogens is 3. The van der Waals surface area contributed by atoms with Crippen molar-refractivity contribution in [2.45, 2.75) is 71.4 Å². The summed E-state index contributed by atoms with van der Waals surface area (Å²) >= 11 is -3.16. The summed E-state index contributed by atoms with van der Waals surface area (Å²) in [5.74, 6) is 0. The molecule has 4 aromatic rings. The number of fused-ring (bicyclic) bond motifs is 3. The van der Waals surface area contributed by atoms with Crippen molar-refractivity contribution in [1.82, 2.24) is 0 Å². The van der Waals surface area contributed by atoms with Crippen molar-refractivity contribution in [2.24, 2.45) is 0 Å². The molecule has 0 saturated heterocycles. The number of allylic oxidation sites excluding steroid dienone is 4. The average Bonchev–Trinajstić information content (AvgIpc) is 3.62. The van der Waals surface area contributed by atoms with Crippen LogP contribution < -0.4 is 3.27 Å². The molecule has 44 heavy (non-hydrogen) atoms. The van der Waals surface area contributed by atoms with Crippen LogP contribution in [0.4, 0.5) is 13.2 Å². The van der Waals surface area contributed by atoms with Gasteiger partial charge in [0.2, 0.25) is 0 Å². The van der Waals surface area contributed by atoms with E-state index in [1.54, 1.807) is 6.07 Å². The topological polar surface area (TPSA) is 0 Å². The van der Waals surface area contributed by atoms with Crippen LogP contribution in [0, 0.1) is 0 Å². The molecule has 2 aliphatic carbocycles. The van der Waals surface area contributed by atoms with Crippen molar-refractivity contribution >= 4 is 6.48 Å². The molecule has 0 fully saturated rings. The van der Waals surface area contributed by atoms with Gasteiger partial charge in [-0.2, -0.15) is 0 Å². The van der Waals surface area contributed by atoms with Crippen LogP contribution in [-0.4, -0.2) is 3.21 Å². The van der Waals surface area contributed by atoms with Crippen LogP contribution in [0.2, 0.25) is 0 Å². The van der Waals surface area contributed by atoms with Crippen molar-refractivity contribution in [3.8, 4) is 11.1 Å². The summed E-state index contributed by atoms with van der Waals surface area (Å²) in [6.07, 6.45) is 3.88. The summed E-state index contributed by atoms with van der Waals surface area (Å²) < 4.78 is 46.3. The van der Waals surface area contributed by atoms with Gasteiger partial charge in [0.05, 0.1) is 0 Å². The van der Waals surface area contributed by atoms with E-state index >= 15 is 0 Å². The third kappa shape index (κ3) is 5.83. The van der Waals surface area contributed by atoms with Crippen LogP contribution in [0.3, 0.4) is 0 Å². The first-order valence-electron chi connectivity index (χ1n) is 15.4. The Bertz CT molecular complexity index is 1840. The predicted octanol–water partition coefficient (Wildman–Crippen LogP) is 10.2. The molecule has 0 amide bonds.